The van der Waals surface area contributed by atoms with E-state index in [9.17, 15) is 9.18 Å². The number of pyridine rings is 1. The molecule has 4 rings (SSSR count). The molecule has 1 N–H and O–H groups in total. The van der Waals surface area contributed by atoms with Crippen LogP contribution in [0.25, 0.3) is 0 Å². The molecule has 0 aliphatic carbocycles. The first-order chi connectivity index (χ1) is 12.5. The Morgan fingerprint density at radius 2 is 2.12 bits per heavy atom. The minimum absolute atomic E-state index is 0.112. The summed E-state index contributed by atoms with van der Waals surface area (Å²) < 4.78 is 18.5. The molecule has 0 bridgehead atoms. The van der Waals surface area contributed by atoms with Crippen molar-refractivity contribution in [1.82, 2.24) is 4.98 Å². The maximum absolute atomic E-state index is 12.9. The van der Waals surface area contributed by atoms with Crippen LogP contribution in [0.1, 0.15) is 21.7 Å². The van der Waals surface area contributed by atoms with Crippen molar-refractivity contribution in [3.63, 3.8) is 0 Å². The van der Waals surface area contributed by atoms with Crippen molar-refractivity contribution in [3.05, 3.63) is 75.0 Å². The van der Waals surface area contributed by atoms with Gasteiger partial charge in [0, 0.05) is 45.0 Å². The average Bonchev–Trinajstić information content (AvgIpc) is 3.22. The van der Waals surface area contributed by atoms with Crippen LogP contribution in [-0.2, 0) is 6.42 Å². The summed E-state index contributed by atoms with van der Waals surface area (Å²) in [5.41, 5.74) is 2.95. The van der Waals surface area contributed by atoms with Gasteiger partial charge in [-0.25, -0.2) is 9.98 Å². The molecule has 1 aliphatic rings. The van der Waals surface area contributed by atoms with E-state index >= 15 is 0 Å². The van der Waals surface area contributed by atoms with Gasteiger partial charge in [0.25, 0.3) is 11.9 Å². The van der Waals surface area contributed by atoms with E-state index in [-0.39, 0.29) is 5.76 Å². The van der Waals surface area contributed by atoms with Gasteiger partial charge in [0.05, 0.1) is 5.71 Å². The zero-order valence-electron chi connectivity index (χ0n) is 13.1. The van der Waals surface area contributed by atoms with Crippen LogP contribution in [0.3, 0.4) is 0 Å². The van der Waals surface area contributed by atoms with Gasteiger partial charge in [0.1, 0.15) is 0 Å². The van der Waals surface area contributed by atoms with E-state index in [0.29, 0.717) is 28.5 Å². The minimum atomic E-state index is -0.816. The molecule has 0 atom stereocenters. The van der Waals surface area contributed by atoms with Crippen LogP contribution in [-0.4, -0.2) is 16.6 Å². The van der Waals surface area contributed by atoms with Gasteiger partial charge in [0.2, 0.25) is 0 Å². The molecule has 0 saturated carbocycles. The minimum Gasteiger partial charge on any atom is -0.426 e. The number of hydrogen-bond acceptors (Lipinski definition) is 4. The molecule has 2 aromatic heterocycles. The molecule has 130 valence electrons. The molecule has 0 spiro atoms. The highest BCUT2D eigenvalue weighted by molar-refractivity contribution is 9.10. The zero-order chi connectivity index (χ0) is 18.3. The van der Waals surface area contributed by atoms with Crippen LogP contribution in [0.4, 0.5) is 15.9 Å². The third-order valence-corrected chi connectivity index (χ3v) is 4.60. The Balaban J connectivity index is 1.60. The number of furan rings is 1. The molecule has 5 nitrogen and oxygen atoms in total. The Morgan fingerprint density at radius 3 is 2.88 bits per heavy atom. The third kappa shape index (κ3) is 3.27. The van der Waals surface area contributed by atoms with Gasteiger partial charge in [0.15, 0.2) is 11.6 Å². The lowest BCUT2D eigenvalue weighted by Crippen LogP contribution is -2.12. The smallest absolute Gasteiger partial charge is 0.291 e. The fraction of sp³-hybridized carbons (Fsp3) is 0.0556. The number of hydrogen-bond donors (Lipinski definition) is 1. The molecule has 1 aromatic carbocycles. The first kappa shape index (κ1) is 16.9. The van der Waals surface area contributed by atoms with Gasteiger partial charge in [-0.15, -0.1) is 0 Å². The summed E-state index contributed by atoms with van der Waals surface area (Å²) in [4.78, 5) is 20.9. The number of aromatic nitrogens is 1. The average molecular weight is 435 g/mol. The van der Waals surface area contributed by atoms with Crippen LogP contribution in [0.2, 0.25) is 5.02 Å². The molecule has 8 heteroatoms. The van der Waals surface area contributed by atoms with Crippen molar-refractivity contribution in [2.45, 2.75) is 6.42 Å². The molecule has 26 heavy (non-hydrogen) atoms. The van der Waals surface area contributed by atoms with Crippen molar-refractivity contribution >= 4 is 50.7 Å². The van der Waals surface area contributed by atoms with Gasteiger partial charge in [-0.05, 0) is 46.3 Å². The Labute approximate surface area is 161 Å². The Kier molecular flexibility index (Phi) is 4.34. The van der Waals surface area contributed by atoms with Crippen molar-refractivity contribution in [1.29, 1.82) is 0 Å². The molecule has 0 saturated heterocycles. The molecule has 1 aliphatic heterocycles. The monoisotopic (exact) mass is 433 g/mol. The van der Waals surface area contributed by atoms with E-state index in [2.05, 4.69) is 35.6 Å². The van der Waals surface area contributed by atoms with Crippen LogP contribution in [0.5, 0.6) is 0 Å². The molecule has 0 unspecified atom stereocenters. The van der Waals surface area contributed by atoms with E-state index < -0.39 is 11.9 Å². The maximum Gasteiger partial charge on any atom is 0.291 e. The summed E-state index contributed by atoms with van der Waals surface area (Å²) in [6.07, 6.45) is 2.27. The number of rotatable bonds is 3. The Bertz CT molecular complexity index is 1060. The van der Waals surface area contributed by atoms with Crippen LogP contribution in [0.15, 0.2) is 56.5 Å². The summed E-state index contributed by atoms with van der Waals surface area (Å²) in [6.45, 7) is 0. The van der Waals surface area contributed by atoms with Crippen molar-refractivity contribution in [2.24, 2.45) is 4.99 Å². The number of fused-ring (bicyclic) bond motifs is 1. The number of aliphatic imine (C=N–C) groups is 1. The normalized spacial score (nSPS) is 12.7. The van der Waals surface area contributed by atoms with E-state index in [4.69, 9.17) is 11.6 Å². The SMILES string of the molecule is O=C(Nc1ccc(Cl)c(C2=Nc3ncc(Br)cc3C2)c1)c1ccc(F)o1. The third-order valence-electron chi connectivity index (χ3n) is 3.84. The fourth-order valence-corrected chi connectivity index (χ4v) is 3.27. The summed E-state index contributed by atoms with van der Waals surface area (Å²) >= 11 is 9.71. The van der Waals surface area contributed by atoms with Crippen LogP contribution < -0.4 is 5.32 Å². The van der Waals surface area contributed by atoms with E-state index in [1.165, 1.54) is 6.07 Å². The van der Waals surface area contributed by atoms with Gasteiger partial charge >= 0.3 is 0 Å². The highest BCUT2D eigenvalue weighted by Crippen LogP contribution is 2.32. The van der Waals surface area contributed by atoms with Crippen molar-refractivity contribution in [2.75, 3.05) is 5.32 Å². The highest BCUT2D eigenvalue weighted by atomic mass is 79.9. The quantitative estimate of drug-likeness (QED) is 0.619. The number of anilines is 1. The largest absolute Gasteiger partial charge is 0.426 e. The molecule has 0 fully saturated rings. The van der Waals surface area contributed by atoms with E-state index in [1.54, 1.807) is 24.4 Å². The highest BCUT2D eigenvalue weighted by Gasteiger charge is 2.20. The number of carbonyl (C=O) groups excluding carboxylic acids is 1. The topological polar surface area (TPSA) is 67.5 Å². The van der Waals surface area contributed by atoms with Crippen molar-refractivity contribution < 1.29 is 13.6 Å². The van der Waals surface area contributed by atoms with Gasteiger partial charge < -0.3 is 9.73 Å². The first-order valence-corrected chi connectivity index (χ1v) is 8.75. The zero-order valence-corrected chi connectivity index (χ0v) is 15.4. The second-order valence-corrected chi connectivity index (χ2v) is 6.95. The lowest BCUT2D eigenvalue weighted by Gasteiger charge is -2.08. The second kappa shape index (κ2) is 6.66. The van der Waals surface area contributed by atoms with Crippen LogP contribution >= 0.6 is 27.5 Å². The summed E-state index contributed by atoms with van der Waals surface area (Å²) in [5, 5.41) is 3.17. The summed E-state index contributed by atoms with van der Waals surface area (Å²) in [7, 11) is 0. The molecular weight excluding hydrogens is 425 g/mol. The molecule has 3 heterocycles. The van der Waals surface area contributed by atoms with Gasteiger partial charge in [-0.1, -0.05) is 11.6 Å². The molecule has 3 aromatic rings. The van der Waals surface area contributed by atoms with Gasteiger partial charge in [-0.2, -0.15) is 4.39 Å². The number of benzene rings is 1. The van der Waals surface area contributed by atoms with Gasteiger partial charge in [-0.3, -0.25) is 4.79 Å². The lowest BCUT2D eigenvalue weighted by atomic mass is 10.0. The molecule has 1 amide bonds. The van der Waals surface area contributed by atoms with Crippen LogP contribution in [0, 0.1) is 6.01 Å². The number of nitrogens with one attached hydrogen (secondary N) is 1. The summed E-state index contributed by atoms with van der Waals surface area (Å²) in [5.74, 6) is -0.0113. The second-order valence-electron chi connectivity index (χ2n) is 5.62. The summed E-state index contributed by atoms with van der Waals surface area (Å²) in [6, 6.07) is 8.54. The fourth-order valence-electron chi connectivity index (χ4n) is 2.66. The number of halogens is 3. The number of amides is 1. The standard InChI is InChI=1S/C18H10BrClFN3O2/c19-10-5-9-6-14(24-17(9)22-8-10)12-7-11(1-2-13(12)20)23-18(25)15-3-4-16(21)26-15/h1-5,7-8H,6H2,(H,23,25). The Morgan fingerprint density at radius 1 is 1.27 bits per heavy atom. The first-order valence-electron chi connectivity index (χ1n) is 7.58. The molecule has 0 radical (unpaired) electrons. The lowest BCUT2D eigenvalue weighted by molar-refractivity contribution is 0.0988. The van der Waals surface area contributed by atoms with Crippen molar-refractivity contribution in [3.8, 4) is 0 Å². The molecular formula is C18H10BrClFN3O2. The predicted molar refractivity (Wildman–Crippen MR) is 99.9 cm³/mol. The van der Waals surface area contributed by atoms with E-state index in [1.807, 2.05) is 6.07 Å². The maximum atomic E-state index is 12.9. The Hall–Kier alpha value is -2.51. The predicted octanol–water partition coefficient (Wildman–Crippen LogP) is 5.16. The number of nitrogens with zero attached hydrogens (tertiary/aromatic N) is 2. The van der Waals surface area contributed by atoms with E-state index in [0.717, 1.165) is 21.8 Å². The number of carbonyl (C=O) groups is 1.